The smallest absolute Gasteiger partial charge is 0.00684 e. The molecule has 84 valence electrons. The van der Waals surface area contributed by atoms with Crippen LogP contribution in [0.15, 0.2) is 0 Å². The molecule has 1 nitrogen and oxygen atoms in total. The van der Waals surface area contributed by atoms with Gasteiger partial charge < -0.3 is 5.32 Å². The summed E-state index contributed by atoms with van der Waals surface area (Å²) in [5.74, 6) is 2.60. The highest BCUT2D eigenvalue weighted by Gasteiger charge is 2.24. The minimum absolute atomic E-state index is 0.497. The van der Waals surface area contributed by atoms with Crippen LogP contribution in [0.25, 0.3) is 0 Å². The number of hydrogen-bond donors (Lipinski definition) is 1. The maximum absolute atomic E-state index is 3.63. The summed E-state index contributed by atoms with van der Waals surface area (Å²) in [6.07, 6.45) is 5.54. The lowest BCUT2D eigenvalue weighted by atomic mass is 9.88. The van der Waals surface area contributed by atoms with Crippen molar-refractivity contribution in [2.24, 2.45) is 5.41 Å². The molecular weight excluding hydrogens is 190 g/mol. The van der Waals surface area contributed by atoms with Crippen LogP contribution < -0.4 is 5.32 Å². The second-order valence-corrected chi connectivity index (χ2v) is 6.51. The van der Waals surface area contributed by atoms with Gasteiger partial charge in [0.15, 0.2) is 0 Å². The first kappa shape index (κ1) is 12.4. The Hall–Kier alpha value is 0.310. The Kier molecular flexibility index (Phi) is 5.32. The molecule has 1 aliphatic carbocycles. The predicted octanol–water partition coefficient (Wildman–Crippen LogP) is 3.30. The minimum atomic E-state index is 0.497. The molecule has 0 unspecified atom stereocenters. The molecule has 1 N–H and O–H groups in total. The van der Waals surface area contributed by atoms with E-state index < -0.39 is 0 Å². The van der Waals surface area contributed by atoms with Crippen molar-refractivity contribution in [2.45, 2.75) is 52.5 Å². The second-order valence-electron chi connectivity index (χ2n) is 5.12. The van der Waals surface area contributed by atoms with Gasteiger partial charge in [0.2, 0.25) is 0 Å². The van der Waals surface area contributed by atoms with Crippen LogP contribution in [0, 0.1) is 5.41 Å². The molecule has 0 aliphatic heterocycles. The molecule has 0 radical (unpaired) electrons. The van der Waals surface area contributed by atoms with Crippen LogP contribution in [0.2, 0.25) is 0 Å². The predicted molar refractivity (Wildman–Crippen MR) is 67.0 cm³/mol. The van der Waals surface area contributed by atoms with E-state index in [1.807, 2.05) is 0 Å². The third-order valence-corrected chi connectivity index (χ3v) is 3.78. The number of hydrogen-bond acceptors (Lipinski definition) is 2. The number of thioether (sulfide) groups is 1. The van der Waals surface area contributed by atoms with Crippen molar-refractivity contribution in [2.75, 3.05) is 18.1 Å². The minimum Gasteiger partial charge on any atom is -0.313 e. The maximum atomic E-state index is 3.63. The van der Waals surface area contributed by atoms with Gasteiger partial charge >= 0.3 is 0 Å². The van der Waals surface area contributed by atoms with E-state index in [4.69, 9.17) is 0 Å². The second kappa shape index (κ2) is 6.02. The Bertz CT molecular complexity index is 152. The SMILES string of the molecule is CCSCCCC(C)(C)CNC1CC1. The third kappa shape index (κ3) is 5.92. The van der Waals surface area contributed by atoms with E-state index >= 15 is 0 Å². The molecule has 2 heteroatoms. The zero-order valence-electron chi connectivity index (χ0n) is 9.94. The largest absolute Gasteiger partial charge is 0.313 e. The standard InChI is InChI=1S/C12H25NS/c1-4-14-9-5-8-12(2,3)10-13-11-6-7-11/h11,13H,4-10H2,1-3H3. The summed E-state index contributed by atoms with van der Waals surface area (Å²) in [4.78, 5) is 0. The molecule has 0 bridgehead atoms. The van der Waals surface area contributed by atoms with Gasteiger partial charge in [-0.3, -0.25) is 0 Å². The summed E-state index contributed by atoms with van der Waals surface area (Å²) in [6.45, 7) is 8.22. The average molecular weight is 215 g/mol. The molecule has 0 amide bonds. The van der Waals surface area contributed by atoms with Crippen LogP contribution >= 0.6 is 11.8 Å². The molecule has 14 heavy (non-hydrogen) atoms. The molecule has 1 fully saturated rings. The summed E-state index contributed by atoms with van der Waals surface area (Å²) < 4.78 is 0. The van der Waals surface area contributed by atoms with Crippen LogP contribution in [-0.4, -0.2) is 24.1 Å². The lowest BCUT2D eigenvalue weighted by Gasteiger charge is -2.25. The maximum Gasteiger partial charge on any atom is 0.00684 e. The number of nitrogens with one attached hydrogen (secondary N) is 1. The third-order valence-electron chi connectivity index (χ3n) is 2.79. The first-order valence-corrected chi connectivity index (χ1v) is 7.10. The average Bonchev–Trinajstić information content (AvgIpc) is 2.93. The van der Waals surface area contributed by atoms with Gasteiger partial charge in [-0.15, -0.1) is 0 Å². The molecule has 0 aromatic carbocycles. The van der Waals surface area contributed by atoms with E-state index in [1.165, 1.54) is 43.7 Å². The van der Waals surface area contributed by atoms with E-state index in [0.29, 0.717) is 5.41 Å². The van der Waals surface area contributed by atoms with Gasteiger partial charge in [0.05, 0.1) is 0 Å². The highest BCUT2D eigenvalue weighted by Crippen LogP contribution is 2.25. The summed E-state index contributed by atoms with van der Waals surface area (Å²) >= 11 is 2.07. The molecule has 0 heterocycles. The van der Waals surface area contributed by atoms with Crippen molar-refractivity contribution in [1.29, 1.82) is 0 Å². The quantitative estimate of drug-likeness (QED) is 0.624. The zero-order chi connectivity index (χ0) is 10.4. The molecule has 1 rings (SSSR count). The van der Waals surface area contributed by atoms with Gasteiger partial charge in [0, 0.05) is 12.6 Å². The normalized spacial score (nSPS) is 17.4. The van der Waals surface area contributed by atoms with Gasteiger partial charge in [-0.1, -0.05) is 20.8 Å². The molecule has 0 spiro atoms. The fraction of sp³-hybridized carbons (Fsp3) is 1.00. The van der Waals surface area contributed by atoms with Crippen molar-refractivity contribution in [1.82, 2.24) is 5.32 Å². The van der Waals surface area contributed by atoms with Gasteiger partial charge in [-0.25, -0.2) is 0 Å². The molecule has 0 saturated heterocycles. The van der Waals surface area contributed by atoms with E-state index in [-0.39, 0.29) is 0 Å². The topological polar surface area (TPSA) is 12.0 Å². The number of rotatable bonds is 8. The lowest BCUT2D eigenvalue weighted by molar-refractivity contribution is 0.311. The van der Waals surface area contributed by atoms with Crippen molar-refractivity contribution >= 4 is 11.8 Å². The summed E-state index contributed by atoms with van der Waals surface area (Å²) in [5.41, 5.74) is 0.497. The van der Waals surface area contributed by atoms with Gasteiger partial charge in [-0.05, 0) is 42.6 Å². The van der Waals surface area contributed by atoms with Crippen LogP contribution in [0.5, 0.6) is 0 Å². The van der Waals surface area contributed by atoms with Crippen molar-refractivity contribution in [3.05, 3.63) is 0 Å². The van der Waals surface area contributed by atoms with Crippen LogP contribution in [0.4, 0.5) is 0 Å². The van der Waals surface area contributed by atoms with Crippen molar-refractivity contribution in [3.8, 4) is 0 Å². The summed E-state index contributed by atoms with van der Waals surface area (Å²) in [6, 6.07) is 0.860. The van der Waals surface area contributed by atoms with Crippen LogP contribution in [0.3, 0.4) is 0 Å². The Labute approximate surface area is 93.4 Å². The van der Waals surface area contributed by atoms with E-state index in [9.17, 15) is 0 Å². The lowest BCUT2D eigenvalue weighted by Crippen LogP contribution is -2.30. The van der Waals surface area contributed by atoms with E-state index in [1.54, 1.807) is 0 Å². The summed E-state index contributed by atoms with van der Waals surface area (Å²) in [5, 5.41) is 3.63. The molecule has 1 aliphatic rings. The van der Waals surface area contributed by atoms with E-state index in [0.717, 1.165) is 6.04 Å². The van der Waals surface area contributed by atoms with Gasteiger partial charge in [-0.2, -0.15) is 11.8 Å². The molecule has 0 atom stereocenters. The highest BCUT2D eigenvalue weighted by atomic mass is 32.2. The Morgan fingerprint density at radius 1 is 1.36 bits per heavy atom. The molecule has 0 aromatic heterocycles. The van der Waals surface area contributed by atoms with Crippen molar-refractivity contribution < 1.29 is 0 Å². The first-order chi connectivity index (χ1) is 6.64. The van der Waals surface area contributed by atoms with E-state index in [2.05, 4.69) is 37.8 Å². The fourth-order valence-corrected chi connectivity index (χ4v) is 2.23. The molecule has 0 aromatic rings. The van der Waals surface area contributed by atoms with Crippen molar-refractivity contribution in [3.63, 3.8) is 0 Å². The Morgan fingerprint density at radius 2 is 2.07 bits per heavy atom. The van der Waals surface area contributed by atoms with Gasteiger partial charge in [0.1, 0.15) is 0 Å². The molecule has 1 saturated carbocycles. The Balaban J connectivity index is 1.99. The highest BCUT2D eigenvalue weighted by molar-refractivity contribution is 7.99. The van der Waals surface area contributed by atoms with Gasteiger partial charge in [0.25, 0.3) is 0 Å². The zero-order valence-corrected chi connectivity index (χ0v) is 10.8. The summed E-state index contributed by atoms with van der Waals surface area (Å²) in [7, 11) is 0. The van der Waals surface area contributed by atoms with Crippen LogP contribution in [0.1, 0.15) is 46.5 Å². The van der Waals surface area contributed by atoms with Crippen LogP contribution in [-0.2, 0) is 0 Å². The molecular formula is C12H25NS. The fourth-order valence-electron chi connectivity index (χ4n) is 1.59. The first-order valence-electron chi connectivity index (χ1n) is 5.95. The Morgan fingerprint density at radius 3 is 2.64 bits per heavy atom. The monoisotopic (exact) mass is 215 g/mol.